The predicted octanol–water partition coefficient (Wildman–Crippen LogP) is 0.851. The van der Waals surface area contributed by atoms with Gasteiger partial charge in [0.2, 0.25) is 15.9 Å². The minimum Gasteiger partial charge on any atom is -0.495 e. The number of rotatable bonds is 3. The second-order valence-corrected chi connectivity index (χ2v) is 7.00. The summed E-state index contributed by atoms with van der Waals surface area (Å²) in [6.45, 7) is 0.0512. The van der Waals surface area contributed by atoms with Crippen molar-refractivity contribution in [2.45, 2.75) is 11.7 Å². The summed E-state index contributed by atoms with van der Waals surface area (Å²) in [5.41, 5.74) is 0.543. The normalized spacial score (nSPS) is 19.8. The van der Waals surface area contributed by atoms with Crippen molar-refractivity contribution in [2.24, 2.45) is 5.14 Å². The summed E-state index contributed by atoms with van der Waals surface area (Å²) in [7, 11) is -2.23. The number of carbonyl (C=O) groups is 1. The number of anilines is 1. The van der Waals surface area contributed by atoms with Gasteiger partial charge in [-0.25, -0.2) is 13.6 Å². The molecule has 0 saturated carbocycles. The van der Waals surface area contributed by atoms with E-state index in [0.29, 0.717) is 11.4 Å². The Kier molecular flexibility index (Phi) is 3.84. The van der Waals surface area contributed by atoms with E-state index in [1.165, 1.54) is 12.0 Å². The highest BCUT2D eigenvalue weighted by Crippen LogP contribution is 2.34. The molecular formula is C11H13BrN2O4S. The van der Waals surface area contributed by atoms with E-state index in [1.807, 2.05) is 0 Å². The standard InChI is InChI=1S/C11H13BrN2O4S/c1-18-10-4-7(12)2-3-9(10)14-6-8(5-11(14)15)19(13,16)17/h2-4,8H,5-6H2,1H3,(H2,13,16,17). The van der Waals surface area contributed by atoms with Gasteiger partial charge in [0.05, 0.1) is 12.8 Å². The molecule has 2 rings (SSSR count). The van der Waals surface area contributed by atoms with Crippen LogP contribution < -0.4 is 14.8 Å². The Bertz CT molecular complexity index is 617. The topological polar surface area (TPSA) is 89.7 Å². The largest absolute Gasteiger partial charge is 0.495 e. The first-order valence-electron chi connectivity index (χ1n) is 5.48. The number of halogens is 1. The third kappa shape index (κ3) is 2.90. The van der Waals surface area contributed by atoms with Crippen LogP contribution in [-0.2, 0) is 14.8 Å². The molecule has 1 fully saturated rings. The summed E-state index contributed by atoms with van der Waals surface area (Å²) in [6.07, 6.45) is -0.0992. The molecule has 0 radical (unpaired) electrons. The Balaban J connectivity index is 2.36. The fourth-order valence-corrected chi connectivity index (χ4v) is 3.07. The molecule has 8 heteroatoms. The molecule has 6 nitrogen and oxygen atoms in total. The number of amides is 1. The van der Waals surface area contributed by atoms with Crippen LogP contribution in [0.3, 0.4) is 0 Å². The average molecular weight is 349 g/mol. The molecule has 1 aromatic rings. The van der Waals surface area contributed by atoms with Crippen LogP contribution in [0.15, 0.2) is 22.7 Å². The Morgan fingerprint density at radius 1 is 1.47 bits per heavy atom. The average Bonchev–Trinajstić information content (AvgIpc) is 2.71. The Labute approximate surface area is 119 Å². The third-order valence-electron chi connectivity index (χ3n) is 2.99. The maximum atomic E-state index is 11.9. The quantitative estimate of drug-likeness (QED) is 0.876. The highest BCUT2D eigenvalue weighted by atomic mass is 79.9. The molecule has 0 aliphatic carbocycles. The van der Waals surface area contributed by atoms with Gasteiger partial charge in [-0.1, -0.05) is 15.9 Å². The number of methoxy groups -OCH3 is 1. The van der Waals surface area contributed by atoms with Gasteiger partial charge in [0, 0.05) is 17.4 Å². The van der Waals surface area contributed by atoms with Gasteiger partial charge in [-0.2, -0.15) is 0 Å². The molecule has 2 N–H and O–H groups in total. The number of ether oxygens (including phenoxy) is 1. The number of carbonyl (C=O) groups excluding carboxylic acids is 1. The molecule has 1 atom stereocenters. The minimum atomic E-state index is -3.72. The second kappa shape index (κ2) is 5.10. The van der Waals surface area contributed by atoms with Crippen LogP contribution in [0, 0.1) is 0 Å². The van der Waals surface area contributed by atoms with E-state index in [0.717, 1.165) is 4.47 Å². The van der Waals surface area contributed by atoms with E-state index >= 15 is 0 Å². The summed E-state index contributed by atoms with van der Waals surface area (Å²) in [5.74, 6) is 0.220. The molecule has 1 aliphatic heterocycles. The summed E-state index contributed by atoms with van der Waals surface area (Å²) < 4.78 is 28.7. The van der Waals surface area contributed by atoms with Crippen LogP contribution >= 0.6 is 15.9 Å². The maximum Gasteiger partial charge on any atom is 0.228 e. The predicted molar refractivity (Wildman–Crippen MR) is 74.6 cm³/mol. The van der Waals surface area contributed by atoms with E-state index in [-0.39, 0.29) is 18.9 Å². The minimum absolute atomic E-state index is 0.0512. The lowest BCUT2D eigenvalue weighted by Gasteiger charge is -2.19. The lowest BCUT2D eigenvalue weighted by atomic mass is 10.2. The van der Waals surface area contributed by atoms with Crippen molar-refractivity contribution in [1.82, 2.24) is 0 Å². The smallest absolute Gasteiger partial charge is 0.228 e. The van der Waals surface area contributed by atoms with Gasteiger partial charge in [0.1, 0.15) is 11.0 Å². The van der Waals surface area contributed by atoms with Gasteiger partial charge >= 0.3 is 0 Å². The SMILES string of the molecule is COc1cc(Br)ccc1N1CC(S(N)(=O)=O)CC1=O. The van der Waals surface area contributed by atoms with Crippen molar-refractivity contribution in [3.05, 3.63) is 22.7 Å². The second-order valence-electron chi connectivity index (χ2n) is 4.24. The fourth-order valence-electron chi connectivity index (χ4n) is 2.00. The zero-order valence-electron chi connectivity index (χ0n) is 10.2. The molecule has 0 bridgehead atoms. The van der Waals surface area contributed by atoms with Gasteiger partial charge in [-0.15, -0.1) is 0 Å². The van der Waals surface area contributed by atoms with Gasteiger partial charge in [0.15, 0.2) is 0 Å². The molecule has 1 saturated heterocycles. The van der Waals surface area contributed by atoms with Crippen molar-refractivity contribution >= 4 is 37.5 Å². The highest BCUT2D eigenvalue weighted by Gasteiger charge is 2.38. The Hall–Kier alpha value is -1.12. The van der Waals surface area contributed by atoms with Crippen molar-refractivity contribution in [2.75, 3.05) is 18.6 Å². The van der Waals surface area contributed by atoms with Crippen molar-refractivity contribution in [3.8, 4) is 5.75 Å². The molecule has 104 valence electrons. The van der Waals surface area contributed by atoms with E-state index in [1.54, 1.807) is 18.2 Å². The van der Waals surface area contributed by atoms with E-state index in [9.17, 15) is 13.2 Å². The number of sulfonamides is 1. The number of nitrogens with zero attached hydrogens (tertiary/aromatic N) is 1. The zero-order valence-corrected chi connectivity index (χ0v) is 12.6. The maximum absolute atomic E-state index is 11.9. The molecule has 0 spiro atoms. The number of nitrogens with two attached hydrogens (primary N) is 1. The lowest BCUT2D eigenvalue weighted by Crippen LogP contribution is -2.32. The van der Waals surface area contributed by atoms with Gasteiger partial charge < -0.3 is 9.64 Å². The van der Waals surface area contributed by atoms with E-state index in [2.05, 4.69) is 15.9 Å². The fraction of sp³-hybridized carbons (Fsp3) is 0.364. The van der Waals surface area contributed by atoms with E-state index < -0.39 is 15.3 Å². The molecule has 1 aromatic carbocycles. The number of hydrogen-bond donors (Lipinski definition) is 1. The molecule has 1 unspecified atom stereocenters. The first-order chi connectivity index (χ1) is 8.82. The first-order valence-corrected chi connectivity index (χ1v) is 7.88. The van der Waals surface area contributed by atoms with Crippen LogP contribution in [0.1, 0.15) is 6.42 Å². The van der Waals surface area contributed by atoms with E-state index in [4.69, 9.17) is 9.88 Å². The Morgan fingerprint density at radius 3 is 2.68 bits per heavy atom. The van der Waals surface area contributed by atoms with Crippen molar-refractivity contribution < 1.29 is 17.9 Å². The number of benzene rings is 1. The third-order valence-corrected chi connectivity index (χ3v) is 4.72. The van der Waals surface area contributed by atoms with Crippen LogP contribution in [0.25, 0.3) is 0 Å². The molecule has 1 heterocycles. The monoisotopic (exact) mass is 348 g/mol. The summed E-state index contributed by atoms with van der Waals surface area (Å²) in [4.78, 5) is 13.3. The van der Waals surface area contributed by atoms with Crippen molar-refractivity contribution in [3.63, 3.8) is 0 Å². The molecule has 1 aliphatic rings. The summed E-state index contributed by atoms with van der Waals surface area (Å²) >= 11 is 3.31. The van der Waals surface area contributed by atoms with Crippen LogP contribution in [0.5, 0.6) is 5.75 Å². The van der Waals surface area contributed by atoms with Crippen LogP contribution in [0.2, 0.25) is 0 Å². The van der Waals surface area contributed by atoms with Crippen LogP contribution in [0.4, 0.5) is 5.69 Å². The first kappa shape index (κ1) is 14.3. The summed E-state index contributed by atoms with van der Waals surface area (Å²) in [6, 6.07) is 5.18. The zero-order chi connectivity index (χ0) is 14.2. The molecule has 0 aromatic heterocycles. The molecular weight excluding hydrogens is 336 g/mol. The van der Waals surface area contributed by atoms with Gasteiger partial charge in [-0.05, 0) is 18.2 Å². The molecule has 19 heavy (non-hydrogen) atoms. The van der Waals surface area contributed by atoms with Crippen LogP contribution in [-0.4, -0.2) is 33.2 Å². The lowest BCUT2D eigenvalue weighted by molar-refractivity contribution is -0.117. The summed E-state index contributed by atoms with van der Waals surface area (Å²) in [5, 5.41) is 4.23. The van der Waals surface area contributed by atoms with Gasteiger partial charge in [-0.3, -0.25) is 4.79 Å². The highest BCUT2D eigenvalue weighted by molar-refractivity contribution is 9.10. The van der Waals surface area contributed by atoms with Crippen molar-refractivity contribution in [1.29, 1.82) is 0 Å². The molecule has 1 amide bonds. The van der Waals surface area contributed by atoms with Gasteiger partial charge in [0.25, 0.3) is 0 Å². The number of hydrogen-bond acceptors (Lipinski definition) is 4. The number of primary sulfonamides is 1. The Morgan fingerprint density at radius 2 is 2.16 bits per heavy atom.